The Morgan fingerprint density at radius 1 is 0.833 bits per heavy atom. The third-order valence-electron chi connectivity index (χ3n) is 7.98. The smallest absolute Gasteiger partial charge is 0.289 e. The van der Waals surface area contributed by atoms with Crippen LogP contribution < -0.4 is 4.90 Å². The van der Waals surface area contributed by atoms with Crippen molar-refractivity contribution in [1.29, 1.82) is 0 Å². The largest absolute Gasteiger partial charge is 0.455 e. The first-order chi connectivity index (χ1) is 17.6. The van der Waals surface area contributed by atoms with Crippen molar-refractivity contribution in [3.8, 4) is 0 Å². The van der Waals surface area contributed by atoms with Gasteiger partial charge >= 0.3 is 0 Å². The van der Waals surface area contributed by atoms with Crippen LogP contribution in [0.2, 0.25) is 0 Å². The van der Waals surface area contributed by atoms with Crippen molar-refractivity contribution in [3.63, 3.8) is 0 Å². The van der Waals surface area contributed by atoms with Gasteiger partial charge in [0.1, 0.15) is 5.76 Å². The SMILES string of the molecule is Cc1ccccc1CN(Cc1ccc(C(=O)N2CCN(c3ccccc3C)CC2)o1)C1CCCCC1. The number of anilines is 1. The van der Waals surface area contributed by atoms with Gasteiger partial charge in [-0.3, -0.25) is 9.69 Å². The quantitative estimate of drug-likeness (QED) is 0.400. The molecule has 0 radical (unpaired) electrons. The summed E-state index contributed by atoms with van der Waals surface area (Å²) in [5, 5.41) is 0. The van der Waals surface area contributed by atoms with E-state index in [-0.39, 0.29) is 5.91 Å². The number of amides is 1. The molecule has 0 unspecified atom stereocenters. The molecule has 3 aromatic rings. The molecule has 36 heavy (non-hydrogen) atoms. The number of hydrogen-bond acceptors (Lipinski definition) is 4. The number of hydrogen-bond donors (Lipinski definition) is 0. The zero-order chi connectivity index (χ0) is 24.9. The Bertz CT molecular complexity index is 1160. The fourth-order valence-corrected chi connectivity index (χ4v) is 5.77. The number of carbonyl (C=O) groups excluding carboxylic acids is 1. The number of para-hydroxylation sites is 1. The van der Waals surface area contributed by atoms with Gasteiger partial charge in [0.15, 0.2) is 5.76 Å². The summed E-state index contributed by atoms with van der Waals surface area (Å²) < 4.78 is 6.17. The number of furan rings is 1. The van der Waals surface area contributed by atoms with Crippen LogP contribution in [0.25, 0.3) is 0 Å². The van der Waals surface area contributed by atoms with Gasteiger partial charge in [-0.2, -0.15) is 0 Å². The van der Waals surface area contributed by atoms with Crippen LogP contribution in [0.5, 0.6) is 0 Å². The zero-order valence-corrected chi connectivity index (χ0v) is 21.8. The Morgan fingerprint density at radius 2 is 1.53 bits per heavy atom. The van der Waals surface area contributed by atoms with Gasteiger partial charge in [-0.05, 0) is 61.6 Å². The van der Waals surface area contributed by atoms with Gasteiger partial charge in [-0.1, -0.05) is 61.7 Å². The summed E-state index contributed by atoms with van der Waals surface area (Å²) in [5.74, 6) is 1.36. The van der Waals surface area contributed by atoms with E-state index in [4.69, 9.17) is 4.42 Å². The second-order valence-electron chi connectivity index (χ2n) is 10.5. The lowest BCUT2D eigenvalue weighted by molar-refractivity contribution is 0.0707. The molecule has 190 valence electrons. The highest BCUT2D eigenvalue weighted by Gasteiger charge is 2.27. The average Bonchev–Trinajstić information content (AvgIpc) is 3.39. The summed E-state index contributed by atoms with van der Waals surface area (Å²) in [6, 6.07) is 21.6. The summed E-state index contributed by atoms with van der Waals surface area (Å²) in [6.45, 7) is 9.11. The van der Waals surface area contributed by atoms with Gasteiger partial charge in [0.25, 0.3) is 5.91 Å². The van der Waals surface area contributed by atoms with Gasteiger partial charge in [0.05, 0.1) is 6.54 Å². The standard InChI is InChI=1S/C31H39N3O2/c1-24-10-6-8-12-26(24)22-34(27-13-4-3-5-14-27)23-28-16-17-30(36-28)31(35)33-20-18-32(19-21-33)29-15-9-7-11-25(29)2/h6-12,15-17,27H,3-5,13-14,18-23H2,1-2H3. The molecule has 0 bridgehead atoms. The number of aryl methyl sites for hydroxylation is 2. The first kappa shape index (κ1) is 24.6. The normalized spacial score (nSPS) is 17.1. The molecular formula is C31H39N3O2. The molecule has 1 saturated carbocycles. The number of carbonyl (C=O) groups is 1. The molecule has 1 amide bonds. The van der Waals surface area contributed by atoms with Crippen LogP contribution in [0.1, 0.15) is 65.1 Å². The summed E-state index contributed by atoms with van der Waals surface area (Å²) in [7, 11) is 0. The highest BCUT2D eigenvalue weighted by molar-refractivity contribution is 5.91. The van der Waals surface area contributed by atoms with Crippen LogP contribution in [0.15, 0.2) is 65.1 Å². The molecule has 1 aliphatic carbocycles. The molecule has 2 aliphatic rings. The van der Waals surface area contributed by atoms with Gasteiger partial charge in [-0.25, -0.2) is 0 Å². The average molecular weight is 486 g/mol. The van der Waals surface area contributed by atoms with Crippen LogP contribution in [0.3, 0.4) is 0 Å². The van der Waals surface area contributed by atoms with Crippen molar-refractivity contribution in [2.75, 3.05) is 31.1 Å². The summed E-state index contributed by atoms with van der Waals surface area (Å²) in [5.41, 5.74) is 5.25. The predicted molar refractivity (Wildman–Crippen MR) is 145 cm³/mol. The van der Waals surface area contributed by atoms with E-state index in [0.717, 1.165) is 31.9 Å². The third-order valence-corrected chi connectivity index (χ3v) is 7.98. The highest BCUT2D eigenvalue weighted by Crippen LogP contribution is 2.27. The number of nitrogens with zero attached hydrogens (tertiary/aromatic N) is 3. The summed E-state index contributed by atoms with van der Waals surface area (Å²) in [4.78, 5) is 20.1. The van der Waals surface area contributed by atoms with Crippen molar-refractivity contribution in [3.05, 3.63) is 88.9 Å². The molecule has 5 nitrogen and oxygen atoms in total. The first-order valence-corrected chi connectivity index (χ1v) is 13.6. The van der Waals surface area contributed by atoms with Crippen LogP contribution in [-0.4, -0.2) is 47.9 Å². The number of rotatable bonds is 7. The Kier molecular flexibility index (Phi) is 7.76. The van der Waals surface area contributed by atoms with Gasteiger partial charge in [0.2, 0.25) is 0 Å². The van der Waals surface area contributed by atoms with Gasteiger partial charge < -0.3 is 14.2 Å². The minimum atomic E-state index is 0.00815. The van der Waals surface area contributed by atoms with Crippen LogP contribution in [-0.2, 0) is 13.1 Å². The molecule has 0 atom stereocenters. The fourth-order valence-electron chi connectivity index (χ4n) is 5.77. The Balaban J connectivity index is 1.23. The summed E-state index contributed by atoms with van der Waals surface area (Å²) >= 11 is 0. The topological polar surface area (TPSA) is 39.9 Å². The van der Waals surface area contributed by atoms with Gasteiger partial charge in [-0.15, -0.1) is 0 Å². The van der Waals surface area contributed by atoms with Crippen LogP contribution in [0.4, 0.5) is 5.69 Å². The van der Waals surface area contributed by atoms with E-state index in [1.165, 1.54) is 54.5 Å². The molecule has 2 heterocycles. The maximum atomic E-state index is 13.2. The summed E-state index contributed by atoms with van der Waals surface area (Å²) in [6.07, 6.45) is 6.41. The molecule has 2 fully saturated rings. The lowest BCUT2D eigenvalue weighted by Crippen LogP contribution is -2.48. The van der Waals surface area contributed by atoms with E-state index in [1.54, 1.807) is 0 Å². The predicted octanol–water partition coefficient (Wildman–Crippen LogP) is 6.19. The minimum Gasteiger partial charge on any atom is -0.455 e. The van der Waals surface area contributed by atoms with E-state index in [2.05, 4.69) is 72.2 Å². The monoisotopic (exact) mass is 485 g/mol. The molecule has 0 N–H and O–H groups in total. The van der Waals surface area contributed by atoms with Crippen molar-refractivity contribution in [2.45, 2.75) is 65.1 Å². The number of piperazine rings is 1. The Labute approximate surface area is 215 Å². The van der Waals surface area contributed by atoms with Crippen molar-refractivity contribution in [2.24, 2.45) is 0 Å². The van der Waals surface area contributed by atoms with Crippen molar-refractivity contribution >= 4 is 11.6 Å². The molecule has 0 spiro atoms. The zero-order valence-electron chi connectivity index (χ0n) is 21.8. The maximum Gasteiger partial charge on any atom is 0.289 e. The van der Waals surface area contributed by atoms with E-state index in [0.29, 0.717) is 24.9 Å². The second kappa shape index (κ2) is 11.3. The molecular weight excluding hydrogens is 446 g/mol. The minimum absolute atomic E-state index is 0.00815. The van der Waals surface area contributed by atoms with E-state index in [1.807, 2.05) is 17.0 Å². The molecule has 1 saturated heterocycles. The Morgan fingerprint density at radius 3 is 2.25 bits per heavy atom. The van der Waals surface area contributed by atoms with E-state index < -0.39 is 0 Å². The van der Waals surface area contributed by atoms with Crippen molar-refractivity contribution in [1.82, 2.24) is 9.80 Å². The van der Waals surface area contributed by atoms with Crippen LogP contribution >= 0.6 is 0 Å². The second-order valence-corrected chi connectivity index (χ2v) is 10.5. The lowest BCUT2D eigenvalue weighted by Gasteiger charge is -2.36. The van der Waals surface area contributed by atoms with E-state index >= 15 is 0 Å². The van der Waals surface area contributed by atoms with E-state index in [9.17, 15) is 4.79 Å². The molecule has 5 rings (SSSR count). The first-order valence-electron chi connectivity index (χ1n) is 13.6. The third kappa shape index (κ3) is 5.67. The number of benzene rings is 2. The fraction of sp³-hybridized carbons (Fsp3) is 0.452. The Hall–Kier alpha value is -3.05. The van der Waals surface area contributed by atoms with Crippen molar-refractivity contribution < 1.29 is 9.21 Å². The maximum absolute atomic E-state index is 13.2. The molecule has 5 heteroatoms. The lowest BCUT2D eigenvalue weighted by atomic mass is 9.93. The molecule has 1 aromatic heterocycles. The molecule has 2 aromatic carbocycles. The van der Waals surface area contributed by atoms with Crippen LogP contribution in [0, 0.1) is 13.8 Å². The highest BCUT2D eigenvalue weighted by atomic mass is 16.4. The molecule has 1 aliphatic heterocycles. The van der Waals surface area contributed by atoms with Gasteiger partial charge in [0, 0.05) is 44.5 Å².